The Bertz CT molecular complexity index is 365. The first-order chi connectivity index (χ1) is 8.59. The first-order valence-corrected chi connectivity index (χ1v) is 6.00. The average molecular weight is 253 g/mol. The minimum absolute atomic E-state index is 0.0501. The number of nitrogens with zero attached hydrogens (tertiary/aromatic N) is 2. The maximum Gasteiger partial charge on any atom is 0.356 e. The normalized spacial score (nSPS) is 10.6. The molecule has 0 aliphatic heterocycles. The van der Waals surface area contributed by atoms with Gasteiger partial charge in [-0.3, -0.25) is 0 Å². The van der Waals surface area contributed by atoms with E-state index in [-0.39, 0.29) is 11.8 Å². The van der Waals surface area contributed by atoms with Crippen molar-refractivity contribution in [2.45, 2.75) is 32.8 Å². The molecule has 1 aromatic heterocycles. The molecule has 0 fully saturated rings. The Morgan fingerprint density at radius 3 is 2.72 bits per heavy atom. The van der Waals surface area contributed by atoms with Crippen molar-refractivity contribution in [3.8, 4) is 0 Å². The molecule has 0 atom stereocenters. The third-order valence-corrected chi connectivity index (χ3v) is 2.20. The Balaban J connectivity index is 2.17. The molecular weight excluding hydrogens is 234 g/mol. The van der Waals surface area contributed by atoms with Gasteiger partial charge in [0.1, 0.15) is 5.82 Å². The van der Waals surface area contributed by atoms with E-state index in [2.05, 4.69) is 15.3 Å². The monoisotopic (exact) mass is 253 g/mol. The van der Waals surface area contributed by atoms with Crippen molar-refractivity contribution in [2.24, 2.45) is 0 Å². The number of ether oxygens (including phenoxy) is 1. The molecule has 1 heterocycles. The second-order valence-electron chi connectivity index (χ2n) is 4.15. The van der Waals surface area contributed by atoms with Gasteiger partial charge >= 0.3 is 5.97 Å². The summed E-state index contributed by atoms with van der Waals surface area (Å²) in [6, 6.07) is 0. The van der Waals surface area contributed by atoms with Gasteiger partial charge in [-0.05, 0) is 26.7 Å². The lowest BCUT2D eigenvalue weighted by Gasteiger charge is -2.08. The van der Waals surface area contributed by atoms with Crippen LogP contribution in [0.5, 0.6) is 0 Å². The van der Waals surface area contributed by atoms with Crippen molar-refractivity contribution in [3.63, 3.8) is 0 Å². The lowest BCUT2D eigenvalue weighted by Crippen LogP contribution is -2.08. The van der Waals surface area contributed by atoms with Crippen LogP contribution in [0.25, 0.3) is 0 Å². The quantitative estimate of drug-likeness (QED) is 0.687. The zero-order valence-electron chi connectivity index (χ0n) is 10.7. The van der Waals surface area contributed by atoms with Crippen LogP contribution in [0.3, 0.4) is 0 Å². The van der Waals surface area contributed by atoms with Crippen LogP contribution in [-0.2, 0) is 4.74 Å². The van der Waals surface area contributed by atoms with E-state index >= 15 is 0 Å². The highest BCUT2D eigenvalue weighted by Crippen LogP contribution is 2.02. The number of unbranched alkanes of at least 4 members (excludes halogenated alkanes) is 1. The fourth-order valence-electron chi connectivity index (χ4n) is 1.29. The fourth-order valence-corrected chi connectivity index (χ4v) is 1.29. The summed E-state index contributed by atoms with van der Waals surface area (Å²) in [5.74, 6) is -0.482. The van der Waals surface area contributed by atoms with E-state index in [1.807, 2.05) is 13.8 Å². The first-order valence-electron chi connectivity index (χ1n) is 6.00. The number of rotatable bonds is 8. The largest absolute Gasteiger partial charge is 0.476 e. The maximum absolute atomic E-state index is 10.6. The zero-order valence-corrected chi connectivity index (χ0v) is 10.7. The van der Waals surface area contributed by atoms with Crippen molar-refractivity contribution in [1.29, 1.82) is 0 Å². The van der Waals surface area contributed by atoms with Crippen molar-refractivity contribution < 1.29 is 14.6 Å². The van der Waals surface area contributed by atoms with Crippen molar-refractivity contribution in [3.05, 3.63) is 18.1 Å². The molecule has 100 valence electrons. The molecule has 0 radical (unpaired) electrons. The fraction of sp³-hybridized carbons (Fsp3) is 0.583. The summed E-state index contributed by atoms with van der Waals surface area (Å²) >= 11 is 0. The number of nitrogens with one attached hydrogen (secondary N) is 1. The predicted molar refractivity (Wildman–Crippen MR) is 67.8 cm³/mol. The van der Waals surface area contributed by atoms with Gasteiger partial charge in [0.2, 0.25) is 0 Å². The third-order valence-electron chi connectivity index (χ3n) is 2.20. The van der Waals surface area contributed by atoms with Crippen LogP contribution in [0, 0.1) is 0 Å². The molecule has 18 heavy (non-hydrogen) atoms. The second-order valence-corrected chi connectivity index (χ2v) is 4.15. The Morgan fingerprint density at radius 2 is 2.17 bits per heavy atom. The van der Waals surface area contributed by atoms with E-state index in [1.165, 1.54) is 12.4 Å². The molecule has 0 aromatic carbocycles. The molecule has 6 heteroatoms. The van der Waals surface area contributed by atoms with Gasteiger partial charge in [0, 0.05) is 13.2 Å². The minimum Gasteiger partial charge on any atom is -0.476 e. The molecule has 0 unspecified atom stereocenters. The predicted octanol–water partition coefficient (Wildman–Crippen LogP) is 1.79. The first kappa shape index (κ1) is 14.4. The van der Waals surface area contributed by atoms with Gasteiger partial charge in [-0.25, -0.2) is 14.8 Å². The molecule has 0 amide bonds. The van der Waals surface area contributed by atoms with Crippen molar-refractivity contribution in [1.82, 2.24) is 9.97 Å². The van der Waals surface area contributed by atoms with Crippen LogP contribution in [0.1, 0.15) is 37.2 Å². The Labute approximate surface area is 106 Å². The molecule has 0 aliphatic carbocycles. The summed E-state index contributed by atoms with van der Waals surface area (Å²) in [6.45, 7) is 5.54. The standard InChI is InChI=1S/C12H19N3O3/c1-9(2)18-6-4-3-5-13-11-8-14-10(7-15-11)12(16)17/h7-9H,3-6H2,1-2H3,(H,13,15)(H,16,17). The number of hydrogen-bond acceptors (Lipinski definition) is 5. The van der Waals surface area contributed by atoms with E-state index in [4.69, 9.17) is 9.84 Å². The van der Waals surface area contributed by atoms with Crippen molar-refractivity contribution in [2.75, 3.05) is 18.5 Å². The maximum atomic E-state index is 10.6. The molecule has 0 bridgehead atoms. The highest BCUT2D eigenvalue weighted by Gasteiger charge is 2.04. The summed E-state index contributed by atoms with van der Waals surface area (Å²) in [5, 5.41) is 11.7. The third kappa shape index (κ3) is 5.58. The average Bonchev–Trinajstić information content (AvgIpc) is 2.34. The number of hydrogen-bond donors (Lipinski definition) is 2. The van der Waals surface area contributed by atoms with Crippen molar-refractivity contribution >= 4 is 11.8 Å². The van der Waals surface area contributed by atoms with Gasteiger partial charge in [-0.1, -0.05) is 0 Å². The Morgan fingerprint density at radius 1 is 1.39 bits per heavy atom. The number of anilines is 1. The number of aromatic carboxylic acids is 1. The van der Waals surface area contributed by atoms with Crippen LogP contribution >= 0.6 is 0 Å². The van der Waals surface area contributed by atoms with Gasteiger partial charge in [-0.2, -0.15) is 0 Å². The van der Waals surface area contributed by atoms with Gasteiger partial charge in [-0.15, -0.1) is 0 Å². The van der Waals surface area contributed by atoms with Crippen LogP contribution in [-0.4, -0.2) is 40.3 Å². The number of carboxylic acids is 1. The van der Waals surface area contributed by atoms with Crippen LogP contribution < -0.4 is 5.32 Å². The van der Waals surface area contributed by atoms with E-state index < -0.39 is 5.97 Å². The summed E-state index contributed by atoms with van der Waals surface area (Å²) < 4.78 is 5.42. The highest BCUT2D eigenvalue weighted by molar-refractivity contribution is 5.84. The molecule has 1 aromatic rings. The molecule has 0 saturated carbocycles. The van der Waals surface area contributed by atoms with Crippen LogP contribution in [0.15, 0.2) is 12.4 Å². The van der Waals surface area contributed by atoms with E-state index in [0.717, 1.165) is 26.0 Å². The lowest BCUT2D eigenvalue weighted by atomic mass is 10.3. The van der Waals surface area contributed by atoms with Crippen LogP contribution in [0.4, 0.5) is 5.82 Å². The molecule has 0 spiro atoms. The van der Waals surface area contributed by atoms with Gasteiger partial charge in [0.15, 0.2) is 5.69 Å². The smallest absolute Gasteiger partial charge is 0.356 e. The molecule has 6 nitrogen and oxygen atoms in total. The Kier molecular flexibility index (Phi) is 6.07. The molecule has 0 aliphatic rings. The zero-order chi connectivity index (χ0) is 13.4. The SMILES string of the molecule is CC(C)OCCCCNc1cnc(C(=O)O)cn1. The highest BCUT2D eigenvalue weighted by atomic mass is 16.5. The number of aromatic nitrogens is 2. The van der Waals surface area contributed by atoms with E-state index in [9.17, 15) is 4.79 Å². The molecular formula is C12H19N3O3. The summed E-state index contributed by atoms with van der Waals surface area (Å²) in [5.41, 5.74) is -0.0501. The number of carbonyl (C=O) groups is 1. The molecule has 0 saturated heterocycles. The van der Waals surface area contributed by atoms with E-state index in [1.54, 1.807) is 0 Å². The summed E-state index contributed by atoms with van der Waals surface area (Å²) in [6.07, 6.45) is 4.88. The topological polar surface area (TPSA) is 84.3 Å². The minimum atomic E-state index is -1.07. The van der Waals surface area contributed by atoms with Gasteiger partial charge in [0.25, 0.3) is 0 Å². The molecule has 2 N–H and O–H groups in total. The van der Waals surface area contributed by atoms with Crippen LogP contribution in [0.2, 0.25) is 0 Å². The lowest BCUT2D eigenvalue weighted by molar-refractivity contribution is 0.0689. The second kappa shape index (κ2) is 7.60. The number of carboxylic acid groups (broad SMARTS) is 1. The van der Waals surface area contributed by atoms with Gasteiger partial charge < -0.3 is 15.2 Å². The van der Waals surface area contributed by atoms with Gasteiger partial charge in [0.05, 0.1) is 18.5 Å². The summed E-state index contributed by atoms with van der Waals surface area (Å²) in [7, 11) is 0. The van der Waals surface area contributed by atoms with E-state index in [0.29, 0.717) is 5.82 Å². The molecule has 1 rings (SSSR count). The Hall–Kier alpha value is -1.69. The summed E-state index contributed by atoms with van der Waals surface area (Å²) in [4.78, 5) is 18.3.